The number of methoxy groups -OCH3 is 2. The van der Waals surface area contributed by atoms with Crippen LogP contribution in [0, 0.1) is 17.2 Å². The molecule has 0 saturated heterocycles. The molecule has 0 bridgehead atoms. The van der Waals surface area contributed by atoms with Gasteiger partial charge in [-0.1, -0.05) is 25.6 Å². The number of amides is 1. The molecule has 28 heavy (non-hydrogen) atoms. The van der Waals surface area contributed by atoms with Crippen molar-refractivity contribution in [3.63, 3.8) is 0 Å². The van der Waals surface area contributed by atoms with Crippen LogP contribution >= 0.6 is 11.8 Å². The summed E-state index contributed by atoms with van der Waals surface area (Å²) < 4.78 is 16.2. The topological polar surface area (TPSA) is 110 Å². The first-order valence-electron chi connectivity index (χ1n) is 8.69. The molecule has 150 valence electrons. The molecule has 1 N–H and O–H groups in total. The summed E-state index contributed by atoms with van der Waals surface area (Å²) in [7, 11) is 3.11. The van der Waals surface area contributed by atoms with Crippen molar-refractivity contribution >= 4 is 17.7 Å². The maximum atomic E-state index is 12.5. The number of hydrogen-bond acceptors (Lipinski definition) is 8. The van der Waals surface area contributed by atoms with E-state index >= 15 is 0 Å². The normalized spacial score (nSPS) is 14.1. The second-order valence-corrected chi connectivity index (χ2v) is 7.98. The molecule has 2 rings (SSSR count). The lowest BCUT2D eigenvalue weighted by molar-refractivity contribution is -0.121. The van der Waals surface area contributed by atoms with Crippen LogP contribution in [0.1, 0.15) is 27.7 Å². The van der Waals surface area contributed by atoms with Gasteiger partial charge in [-0.15, -0.1) is 10.2 Å². The van der Waals surface area contributed by atoms with Gasteiger partial charge in [-0.2, -0.15) is 5.26 Å². The summed E-state index contributed by atoms with van der Waals surface area (Å²) in [4.78, 5) is 12.5. The zero-order valence-electron chi connectivity index (χ0n) is 16.8. The third-order valence-corrected chi connectivity index (χ3v) is 5.36. The second kappa shape index (κ2) is 8.97. The number of carbonyl (C=O) groups is 1. The zero-order chi connectivity index (χ0) is 20.9. The number of nitrogens with zero attached hydrogens (tertiary/aromatic N) is 3. The Morgan fingerprint density at radius 3 is 2.32 bits per heavy atom. The molecule has 0 fully saturated rings. The van der Waals surface area contributed by atoms with E-state index in [0.29, 0.717) is 17.1 Å². The SMILES string of the molecule is COc1cc(OC)cc(-c2nnc(S[C@H](C)C(=O)N[C@@](C)(C#N)C(C)C)o2)c1. The Hall–Kier alpha value is -2.73. The molecule has 0 aliphatic rings. The molecule has 8 nitrogen and oxygen atoms in total. The first-order valence-corrected chi connectivity index (χ1v) is 9.57. The number of carbonyl (C=O) groups excluding carboxylic acids is 1. The molecule has 0 aliphatic heterocycles. The molecular formula is C19H24N4O4S. The van der Waals surface area contributed by atoms with Crippen molar-refractivity contribution in [3.05, 3.63) is 18.2 Å². The van der Waals surface area contributed by atoms with Crippen molar-refractivity contribution in [2.24, 2.45) is 5.92 Å². The average Bonchev–Trinajstić information content (AvgIpc) is 3.15. The van der Waals surface area contributed by atoms with Crippen LogP contribution in [0.4, 0.5) is 0 Å². The van der Waals surface area contributed by atoms with E-state index in [9.17, 15) is 10.1 Å². The van der Waals surface area contributed by atoms with E-state index in [1.54, 1.807) is 46.3 Å². The number of benzene rings is 1. The quantitative estimate of drug-likeness (QED) is 0.667. The van der Waals surface area contributed by atoms with Gasteiger partial charge in [0.25, 0.3) is 5.22 Å². The first-order chi connectivity index (χ1) is 13.2. The fourth-order valence-electron chi connectivity index (χ4n) is 2.17. The third kappa shape index (κ3) is 4.95. The van der Waals surface area contributed by atoms with Crippen LogP contribution in [0.5, 0.6) is 11.5 Å². The van der Waals surface area contributed by atoms with E-state index in [1.807, 2.05) is 13.8 Å². The zero-order valence-corrected chi connectivity index (χ0v) is 17.6. The van der Waals surface area contributed by atoms with E-state index in [2.05, 4.69) is 21.6 Å². The average molecular weight is 404 g/mol. The largest absolute Gasteiger partial charge is 0.497 e. The molecule has 1 aromatic heterocycles. The maximum Gasteiger partial charge on any atom is 0.277 e. The molecule has 1 amide bonds. The minimum Gasteiger partial charge on any atom is -0.497 e. The van der Waals surface area contributed by atoms with Gasteiger partial charge in [0, 0.05) is 11.6 Å². The highest BCUT2D eigenvalue weighted by Crippen LogP contribution is 2.31. The summed E-state index contributed by atoms with van der Waals surface area (Å²) in [6, 6.07) is 7.40. The summed E-state index contributed by atoms with van der Waals surface area (Å²) >= 11 is 1.13. The van der Waals surface area contributed by atoms with E-state index in [-0.39, 0.29) is 22.9 Å². The maximum absolute atomic E-state index is 12.5. The molecule has 2 aromatic rings. The second-order valence-electron chi connectivity index (χ2n) is 6.69. The highest BCUT2D eigenvalue weighted by atomic mass is 32.2. The Bertz CT molecular complexity index is 855. The number of nitrogens with one attached hydrogen (secondary N) is 1. The van der Waals surface area contributed by atoms with Gasteiger partial charge in [-0.25, -0.2) is 0 Å². The van der Waals surface area contributed by atoms with Crippen molar-refractivity contribution in [3.8, 4) is 29.0 Å². The molecule has 0 radical (unpaired) electrons. The van der Waals surface area contributed by atoms with Crippen molar-refractivity contribution in [2.75, 3.05) is 14.2 Å². The Kier molecular flexibility index (Phi) is 6.91. The molecule has 1 aromatic carbocycles. The van der Waals surface area contributed by atoms with E-state index in [0.717, 1.165) is 11.8 Å². The van der Waals surface area contributed by atoms with Crippen LogP contribution in [0.2, 0.25) is 0 Å². The predicted octanol–water partition coefficient (Wildman–Crippen LogP) is 3.29. The van der Waals surface area contributed by atoms with Gasteiger partial charge in [0.05, 0.1) is 25.5 Å². The van der Waals surface area contributed by atoms with Gasteiger partial charge in [-0.05, 0) is 31.9 Å². The van der Waals surface area contributed by atoms with Crippen LogP contribution in [0.25, 0.3) is 11.5 Å². The molecule has 1 heterocycles. The summed E-state index contributed by atoms with van der Waals surface area (Å²) in [5.41, 5.74) is -0.298. The van der Waals surface area contributed by atoms with Crippen LogP contribution in [0.15, 0.2) is 27.8 Å². The number of thioether (sulfide) groups is 1. The lowest BCUT2D eigenvalue weighted by Gasteiger charge is -2.28. The minimum absolute atomic E-state index is 0.0308. The fraction of sp³-hybridized carbons (Fsp3) is 0.474. The number of rotatable bonds is 8. The summed E-state index contributed by atoms with van der Waals surface area (Å²) in [6.45, 7) is 7.19. The van der Waals surface area contributed by atoms with Crippen LogP contribution in [-0.2, 0) is 4.79 Å². The molecule has 9 heteroatoms. The van der Waals surface area contributed by atoms with Gasteiger partial charge in [0.2, 0.25) is 11.8 Å². The highest BCUT2D eigenvalue weighted by Gasteiger charge is 2.32. The van der Waals surface area contributed by atoms with Crippen molar-refractivity contribution in [2.45, 2.75) is 43.7 Å². The highest BCUT2D eigenvalue weighted by molar-refractivity contribution is 8.00. The van der Waals surface area contributed by atoms with Crippen molar-refractivity contribution in [1.82, 2.24) is 15.5 Å². The summed E-state index contributed by atoms with van der Waals surface area (Å²) in [5.74, 6) is 1.18. The fourth-order valence-corrected chi connectivity index (χ4v) is 2.85. The number of nitriles is 1. The predicted molar refractivity (Wildman–Crippen MR) is 105 cm³/mol. The Morgan fingerprint density at radius 2 is 1.82 bits per heavy atom. The van der Waals surface area contributed by atoms with Crippen molar-refractivity contribution < 1.29 is 18.7 Å². The van der Waals surface area contributed by atoms with Gasteiger partial charge in [0.15, 0.2) is 0 Å². The van der Waals surface area contributed by atoms with Crippen LogP contribution in [-0.4, -0.2) is 41.1 Å². The smallest absolute Gasteiger partial charge is 0.277 e. The number of ether oxygens (including phenoxy) is 2. The van der Waals surface area contributed by atoms with Crippen molar-refractivity contribution in [1.29, 1.82) is 5.26 Å². The Balaban J connectivity index is 2.13. The molecule has 0 aliphatic carbocycles. The standard InChI is InChI=1S/C19H24N4O4S/c1-11(2)19(4,10-20)21-16(24)12(3)28-18-23-22-17(27-18)13-7-14(25-5)9-15(8-13)26-6/h7-9,11-12H,1-6H3,(H,21,24)/t12-,19+/m1/s1. The third-order valence-electron chi connectivity index (χ3n) is 4.42. The summed E-state index contributed by atoms with van der Waals surface area (Å²) in [6.07, 6.45) is 0. The Morgan fingerprint density at radius 1 is 1.21 bits per heavy atom. The number of aromatic nitrogens is 2. The van der Waals surface area contributed by atoms with Gasteiger partial charge in [-0.3, -0.25) is 4.79 Å². The number of hydrogen-bond donors (Lipinski definition) is 1. The summed E-state index contributed by atoms with van der Waals surface area (Å²) in [5, 5.41) is 19.9. The first kappa shape index (κ1) is 21.6. The van der Waals surface area contributed by atoms with Gasteiger partial charge in [0.1, 0.15) is 17.0 Å². The lowest BCUT2D eigenvalue weighted by Crippen LogP contribution is -2.51. The molecule has 0 saturated carbocycles. The van der Waals surface area contributed by atoms with Gasteiger partial charge < -0.3 is 19.2 Å². The van der Waals surface area contributed by atoms with E-state index in [4.69, 9.17) is 13.9 Å². The van der Waals surface area contributed by atoms with Gasteiger partial charge >= 0.3 is 0 Å². The van der Waals surface area contributed by atoms with E-state index < -0.39 is 10.8 Å². The van der Waals surface area contributed by atoms with Crippen LogP contribution in [0.3, 0.4) is 0 Å². The molecular weight excluding hydrogens is 380 g/mol. The molecule has 0 spiro atoms. The van der Waals surface area contributed by atoms with E-state index in [1.165, 1.54) is 0 Å². The Labute approximate surface area is 168 Å². The minimum atomic E-state index is -0.941. The monoisotopic (exact) mass is 404 g/mol. The molecule has 2 atom stereocenters. The van der Waals surface area contributed by atoms with Crippen LogP contribution < -0.4 is 14.8 Å². The molecule has 0 unspecified atom stereocenters. The lowest BCUT2D eigenvalue weighted by atomic mass is 9.90.